The third-order valence-electron chi connectivity index (χ3n) is 1.39. The van der Waals surface area contributed by atoms with Crippen LogP contribution in [0.1, 0.15) is 12.8 Å². The Morgan fingerprint density at radius 2 is 2.25 bits per heavy atom. The van der Waals surface area contributed by atoms with Crippen molar-refractivity contribution in [2.75, 3.05) is 0 Å². The van der Waals surface area contributed by atoms with Crippen molar-refractivity contribution in [3.63, 3.8) is 0 Å². The van der Waals surface area contributed by atoms with E-state index in [-0.39, 0.29) is 0 Å². The maximum Gasteiger partial charge on any atom is 0.158 e. The molecule has 2 nitrogen and oxygen atoms in total. The summed E-state index contributed by atoms with van der Waals surface area (Å²) < 4.78 is 30.4. The van der Waals surface area contributed by atoms with Gasteiger partial charge in [-0.1, -0.05) is 0 Å². The fraction of sp³-hybridized carbons (Fsp3) is 1.00. The number of hydrogen-bond acceptors (Lipinski definition) is 1. The van der Waals surface area contributed by atoms with Gasteiger partial charge in [-0.05, 0) is 12.8 Å². The second kappa shape index (κ2) is 2.11. The topological polar surface area (TPSA) is 37.3 Å². The van der Waals surface area contributed by atoms with E-state index >= 15 is 0 Å². The fourth-order valence-electron chi connectivity index (χ4n) is 0.656. The molecule has 1 saturated carbocycles. The highest BCUT2D eigenvalue weighted by Gasteiger charge is 2.35. The van der Waals surface area contributed by atoms with Gasteiger partial charge in [0.15, 0.2) is 11.1 Å². The first kappa shape index (κ1) is 6.16. The van der Waals surface area contributed by atoms with E-state index in [1.807, 2.05) is 0 Å². The molecule has 0 amide bonds. The maximum atomic E-state index is 12.1. The van der Waals surface area contributed by atoms with E-state index < -0.39 is 22.5 Å². The van der Waals surface area contributed by atoms with Crippen LogP contribution in [0.2, 0.25) is 0 Å². The van der Waals surface area contributed by atoms with Gasteiger partial charge in [-0.2, -0.15) is 0 Å². The number of alkyl halides is 1. The van der Waals surface area contributed by atoms with Crippen molar-refractivity contribution >= 4 is 11.1 Å². The molecule has 0 aromatic heterocycles. The summed E-state index contributed by atoms with van der Waals surface area (Å²) in [7, 11) is 0. The van der Waals surface area contributed by atoms with Crippen molar-refractivity contribution in [1.82, 2.24) is 0 Å². The van der Waals surface area contributed by atoms with E-state index in [4.69, 9.17) is 4.55 Å². The lowest BCUT2D eigenvalue weighted by Gasteiger charge is -2.26. The molecular formula is C4H7FO2S. The molecule has 0 saturated heterocycles. The second-order valence-corrected chi connectivity index (χ2v) is 3.07. The molecule has 0 bridgehead atoms. The van der Waals surface area contributed by atoms with Crippen LogP contribution in [-0.2, 0) is 11.1 Å². The van der Waals surface area contributed by atoms with Crippen LogP contribution in [0.3, 0.4) is 0 Å². The lowest BCUT2D eigenvalue weighted by atomic mass is 9.97. The van der Waals surface area contributed by atoms with E-state index in [1.165, 1.54) is 0 Å². The van der Waals surface area contributed by atoms with Crippen LogP contribution in [0.4, 0.5) is 4.39 Å². The quantitative estimate of drug-likeness (QED) is 0.542. The predicted molar refractivity (Wildman–Crippen MR) is 28.7 cm³/mol. The van der Waals surface area contributed by atoms with Gasteiger partial charge in [-0.25, -0.2) is 8.60 Å². The van der Waals surface area contributed by atoms with Crippen LogP contribution in [0.25, 0.3) is 0 Å². The second-order valence-electron chi connectivity index (χ2n) is 1.91. The van der Waals surface area contributed by atoms with E-state index in [9.17, 15) is 8.60 Å². The molecular weight excluding hydrogens is 131 g/mol. The molecule has 48 valence electrons. The highest BCUT2D eigenvalue weighted by atomic mass is 32.2. The van der Waals surface area contributed by atoms with Crippen molar-refractivity contribution < 1.29 is 13.2 Å². The third kappa shape index (κ3) is 0.902. The van der Waals surface area contributed by atoms with E-state index in [1.54, 1.807) is 0 Å². The zero-order valence-electron chi connectivity index (χ0n) is 4.21. The van der Waals surface area contributed by atoms with Crippen LogP contribution in [0.5, 0.6) is 0 Å². The molecule has 1 rings (SSSR count). The third-order valence-corrected chi connectivity index (χ3v) is 2.44. The monoisotopic (exact) mass is 138 g/mol. The van der Waals surface area contributed by atoms with Gasteiger partial charge >= 0.3 is 0 Å². The average Bonchev–Trinajstić information content (AvgIpc) is 1.61. The first-order valence-electron chi connectivity index (χ1n) is 2.45. The minimum absolute atomic E-state index is 0.455. The van der Waals surface area contributed by atoms with Gasteiger partial charge in [0.1, 0.15) is 6.17 Å². The molecule has 1 N–H and O–H groups in total. The van der Waals surface area contributed by atoms with Crippen molar-refractivity contribution in [3.05, 3.63) is 0 Å². The summed E-state index contributed by atoms with van der Waals surface area (Å²) in [4.78, 5) is 0. The van der Waals surface area contributed by atoms with Gasteiger partial charge in [0.25, 0.3) is 0 Å². The lowest BCUT2D eigenvalue weighted by molar-refractivity contribution is 0.213. The Bertz CT molecular complexity index is 117. The zero-order chi connectivity index (χ0) is 6.15. The molecule has 0 spiro atoms. The summed E-state index contributed by atoms with van der Waals surface area (Å²) >= 11 is -1.93. The molecule has 1 aliphatic rings. The minimum atomic E-state index is -1.93. The van der Waals surface area contributed by atoms with Crippen molar-refractivity contribution in [3.8, 4) is 0 Å². The van der Waals surface area contributed by atoms with Crippen molar-refractivity contribution in [1.29, 1.82) is 0 Å². The van der Waals surface area contributed by atoms with Gasteiger partial charge in [0.2, 0.25) is 0 Å². The Hall–Kier alpha value is 0.0400. The first-order chi connectivity index (χ1) is 3.72. The summed E-state index contributed by atoms with van der Waals surface area (Å²) in [5, 5.41) is -0.588. The Kier molecular flexibility index (Phi) is 1.62. The van der Waals surface area contributed by atoms with Gasteiger partial charge < -0.3 is 4.55 Å². The Morgan fingerprint density at radius 1 is 1.62 bits per heavy atom. The summed E-state index contributed by atoms with van der Waals surface area (Å²) in [5.41, 5.74) is 0. The number of hydrogen-bond donors (Lipinski definition) is 1. The van der Waals surface area contributed by atoms with Crippen LogP contribution in [0, 0.1) is 0 Å². The van der Waals surface area contributed by atoms with E-state index in [0.717, 1.165) is 0 Å². The molecule has 1 aliphatic carbocycles. The predicted octanol–water partition coefficient (Wildman–Crippen LogP) is 0.709. The summed E-state index contributed by atoms with van der Waals surface area (Å²) in [6.07, 6.45) is -0.0119. The van der Waals surface area contributed by atoms with E-state index in [0.29, 0.717) is 12.8 Å². The molecule has 0 aliphatic heterocycles. The Balaban J connectivity index is 2.37. The molecule has 0 aromatic carbocycles. The zero-order valence-corrected chi connectivity index (χ0v) is 5.03. The smallest absolute Gasteiger partial charge is 0.158 e. The minimum Gasteiger partial charge on any atom is -0.306 e. The Labute approximate surface area is 49.4 Å². The van der Waals surface area contributed by atoms with E-state index in [2.05, 4.69) is 0 Å². The van der Waals surface area contributed by atoms with Crippen LogP contribution in [-0.4, -0.2) is 20.2 Å². The van der Waals surface area contributed by atoms with Crippen LogP contribution < -0.4 is 0 Å². The SMILES string of the molecule is O=S(O)[C@@H]1CC[C@@H]1F. The number of halogens is 1. The van der Waals surface area contributed by atoms with Crippen LogP contribution >= 0.6 is 0 Å². The molecule has 0 heterocycles. The molecule has 0 radical (unpaired) electrons. The summed E-state index contributed by atoms with van der Waals surface area (Å²) in [6, 6.07) is 0. The standard InChI is InChI=1S/C4H7FO2S/c5-3-1-2-4(3)8(6)7/h3-4H,1-2H2,(H,6,7)/t3-,4+/m0/s1. The van der Waals surface area contributed by atoms with Gasteiger partial charge in [-0.3, -0.25) is 0 Å². The van der Waals surface area contributed by atoms with Crippen molar-refractivity contribution in [2.24, 2.45) is 0 Å². The van der Waals surface area contributed by atoms with Gasteiger partial charge in [0, 0.05) is 0 Å². The molecule has 1 unspecified atom stereocenters. The summed E-state index contributed by atoms with van der Waals surface area (Å²) in [5.74, 6) is 0. The van der Waals surface area contributed by atoms with Crippen LogP contribution in [0.15, 0.2) is 0 Å². The van der Waals surface area contributed by atoms with Crippen molar-refractivity contribution in [2.45, 2.75) is 24.3 Å². The first-order valence-corrected chi connectivity index (χ1v) is 3.62. The van der Waals surface area contributed by atoms with Gasteiger partial charge in [-0.15, -0.1) is 0 Å². The highest BCUT2D eigenvalue weighted by molar-refractivity contribution is 7.80. The largest absolute Gasteiger partial charge is 0.306 e. The summed E-state index contributed by atoms with van der Waals surface area (Å²) in [6.45, 7) is 0. The number of rotatable bonds is 1. The molecule has 1 fully saturated rings. The maximum absolute atomic E-state index is 12.1. The molecule has 8 heavy (non-hydrogen) atoms. The molecule has 4 heteroatoms. The Morgan fingerprint density at radius 3 is 2.25 bits per heavy atom. The normalized spacial score (nSPS) is 40.8. The van der Waals surface area contributed by atoms with Gasteiger partial charge in [0.05, 0.1) is 5.25 Å². The average molecular weight is 138 g/mol. The highest BCUT2D eigenvalue weighted by Crippen LogP contribution is 2.26. The molecule has 0 aromatic rings. The fourth-order valence-corrected chi connectivity index (χ4v) is 1.38. The lowest BCUT2D eigenvalue weighted by Crippen LogP contribution is -2.36. The molecule has 3 atom stereocenters.